The summed E-state index contributed by atoms with van der Waals surface area (Å²) in [4.78, 5) is 18.6. The first kappa shape index (κ1) is 22.5. The van der Waals surface area contributed by atoms with Gasteiger partial charge in [-0.05, 0) is 65.8 Å². The van der Waals surface area contributed by atoms with Crippen LogP contribution < -0.4 is 5.56 Å². The van der Waals surface area contributed by atoms with Gasteiger partial charge in [0.15, 0.2) is 5.82 Å². The summed E-state index contributed by atoms with van der Waals surface area (Å²) in [5.74, 6) is 0.867. The molecule has 176 valence electrons. The van der Waals surface area contributed by atoms with Gasteiger partial charge in [0.25, 0.3) is 5.56 Å². The van der Waals surface area contributed by atoms with Gasteiger partial charge in [-0.2, -0.15) is 0 Å². The Kier molecular flexibility index (Phi) is 6.54. The molecule has 1 atom stereocenters. The van der Waals surface area contributed by atoms with E-state index in [-0.39, 0.29) is 11.6 Å². The average Bonchev–Trinajstić information content (AvgIpc) is 3.53. The van der Waals surface area contributed by atoms with E-state index in [0.717, 1.165) is 41.6 Å². The number of tetrazole rings is 1. The summed E-state index contributed by atoms with van der Waals surface area (Å²) >= 11 is 0. The highest BCUT2D eigenvalue weighted by Crippen LogP contribution is 2.33. The number of hydrogen-bond donors (Lipinski definition) is 1. The molecule has 0 spiro atoms. The summed E-state index contributed by atoms with van der Waals surface area (Å²) in [5.41, 5.74) is 4.01. The number of fused-ring (bicyclic) bond motifs is 1. The van der Waals surface area contributed by atoms with Crippen LogP contribution >= 0.6 is 0 Å². The van der Waals surface area contributed by atoms with Crippen molar-refractivity contribution < 1.29 is 0 Å². The van der Waals surface area contributed by atoms with Crippen molar-refractivity contribution >= 4 is 10.9 Å². The quantitative estimate of drug-likeness (QED) is 0.413. The Labute approximate surface area is 199 Å². The molecule has 0 aliphatic heterocycles. The Morgan fingerprint density at radius 1 is 1.12 bits per heavy atom. The van der Waals surface area contributed by atoms with Crippen LogP contribution in [0.5, 0.6) is 0 Å². The van der Waals surface area contributed by atoms with Crippen molar-refractivity contribution in [1.29, 1.82) is 0 Å². The second kappa shape index (κ2) is 9.89. The minimum Gasteiger partial charge on any atom is -0.322 e. The fourth-order valence-electron chi connectivity index (χ4n) is 5.30. The van der Waals surface area contributed by atoms with Crippen LogP contribution in [0.2, 0.25) is 0 Å². The molecule has 34 heavy (non-hydrogen) atoms. The predicted octanol–water partition coefficient (Wildman–Crippen LogP) is 4.77. The van der Waals surface area contributed by atoms with Gasteiger partial charge in [0, 0.05) is 23.7 Å². The Hall–Kier alpha value is -3.32. The SMILES string of the molecule is CC[C@H](c1nnnn1Cc1ccccc1)N(Cc1cc2cc(C)ccc2[nH]c1=O)C1CCCC1. The van der Waals surface area contributed by atoms with Crippen LogP contribution in [-0.2, 0) is 13.1 Å². The normalized spacial score (nSPS) is 15.4. The second-order valence-corrected chi connectivity index (χ2v) is 9.43. The molecule has 7 nitrogen and oxygen atoms in total. The number of aromatic amines is 1. The van der Waals surface area contributed by atoms with Crippen molar-refractivity contribution in [2.24, 2.45) is 0 Å². The number of H-pyrrole nitrogens is 1. The van der Waals surface area contributed by atoms with Crippen LogP contribution in [0.25, 0.3) is 10.9 Å². The van der Waals surface area contributed by atoms with Crippen LogP contribution in [0.1, 0.15) is 67.6 Å². The van der Waals surface area contributed by atoms with E-state index in [0.29, 0.717) is 19.1 Å². The standard InChI is InChI=1S/C27H32N6O/c1-3-25(26-29-30-31-33(26)17-20-9-5-4-6-10-20)32(23-11-7-8-12-23)18-22-16-21-15-19(2)13-14-24(21)28-27(22)34/h4-6,9-10,13-16,23,25H,3,7-8,11-12,17-18H2,1-2H3,(H,28,34)/t25-/m1/s1. The molecule has 2 aromatic heterocycles. The van der Waals surface area contributed by atoms with Gasteiger partial charge in [0.1, 0.15) is 0 Å². The molecule has 0 bridgehead atoms. The average molecular weight is 457 g/mol. The lowest BCUT2D eigenvalue weighted by Gasteiger charge is -2.35. The van der Waals surface area contributed by atoms with Gasteiger partial charge in [-0.3, -0.25) is 9.69 Å². The first-order valence-corrected chi connectivity index (χ1v) is 12.3. The fourth-order valence-corrected chi connectivity index (χ4v) is 5.30. The van der Waals surface area contributed by atoms with Crippen molar-refractivity contribution in [3.8, 4) is 0 Å². The lowest BCUT2D eigenvalue weighted by atomic mass is 10.0. The van der Waals surface area contributed by atoms with E-state index in [1.807, 2.05) is 35.0 Å². The number of aromatic nitrogens is 5. The largest absolute Gasteiger partial charge is 0.322 e. The molecule has 1 saturated carbocycles. The van der Waals surface area contributed by atoms with E-state index in [1.54, 1.807) is 0 Å². The summed E-state index contributed by atoms with van der Waals surface area (Å²) in [6.45, 7) is 5.48. The number of rotatable bonds is 8. The van der Waals surface area contributed by atoms with Crippen molar-refractivity contribution in [3.05, 3.63) is 87.5 Å². The Morgan fingerprint density at radius 2 is 1.91 bits per heavy atom. The zero-order valence-electron chi connectivity index (χ0n) is 19.9. The molecular weight excluding hydrogens is 424 g/mol. The van der Waals surface area contributed by atoms with Crippen molar-refractivity contribution in [3.63, 3.8) is 0 Å². The molecule has 1 fully saturated rings. The van der Waals surface area contributed by atoms with Gasteiger partial charge < -0.3 is 4.98 Å². The topological polar surface area (TPSA) is 79.7 Å². The van der Waals surface area contributed by atoms with Crippen LogP contribution in [0.15, 0.2) is 59.4 Å². The lowest BCUT2D eigenvalue weighted by Crippen LogP contribution is -2.39. The summed E-state index contributed by atoms with van der Waals surface area (Å²) in [5, 5.41) is 13.9. The number of hydrogen-bond acceptors (Lipinski definition) is 5. The molecule has 1 N–H and O–H groups in total. The molecular formula is C27H32N6O. The maximum atomic E-state index is 13.0. The number of nitrogens with zero attached hydrogens (tertiary/aromatic N) is 5. The van der Waals surface area contributed by atoms with Crippen LogP contribution in [-0.4, -0.2) is 36.1 Å². The Morgan fingerprint density at radius 3 is 2.68 bits per heavy atom. The number of nitrogens with one attached hydrogen (secondary N) is 1. The predicted molar refractivity (Wildman–Crippen MR) is 133 cm³/mol. The molecule has 2 aromatic carbocycles. The highest BCUT2D eigenvalue weighted by molar-refractivity contribution is 5.79. The minimum atomic E-state index is -0.0157. The molecule has 1 aliphatic carbocycles. The molecule has 0 radical (unpaired) electrons. The molecule has 0 saturated heterocycles. The Bertz CT molecular complexity index is 1310. The third-order valence-electron chi connectivity index (χ3n) is 7.04. The van der Waals surface area contributed by atoms with E-state index in [4.69, 9.17) is 0 Å². The number of pyridine rings is 1. The van der Waals surface area contributed by atoms with E-state index < -0.39 is 0 Å². The maximum Gasteiger partial charge on any atom is 0.252 e. The number of aryl methyl sites for hydroxylation is 1. The van der Waals surface area contributed by atoms with Gasteiger partial charge in [0.05, 0.1) is 12.6 Å². The second-order valence-electron chi connectivity index (χ2n) is 9.43. The highest BCUT2D eigenvalue weighted by Gasteiger charge is 2.32. The third kappa shape index (κ3) is 4.66. The molecule has 2 heterocycles. The van der Waals surface area contributed by atoms with Gasteiger partial charge in [0.2, 0.25) is 0 Å². The van der Waals surface area contributed by atoms with Gasteiger partial charge in [-0.1, -0.05) is 61.7 Å². The molecule has 5 rings (SSSR count). The van der Waals surface area contributed by atoms with E-state index >= 15 is 0 Å². The Balaban J connectivity index is 1.50. The monoisotopic (exact) mass is 456 g/mol. The highest BCUT2D eigenvalue weighted by atomic mass is 16.1. The first-order valence-electron chi connectivity index (χ1n) is 12.3. The van der Waals surface area contributed by atoms with Crippen LogP contribution in [0.3, 0.4) is 0 Å². The minimum absolute atomic E-state index is 0.0157. The van der Waals surface area contributed by atoms with Crippen LogP contribution in [0.4, 0.5) is 0 Å². The summed E-state index contributed by atoms with van der Waals surface area (Å²) < 4.78 is 1.92. The van der Waals surface area contributed by atoms with Gasteiger partial charge in [-0.15, -0.1) is 5.10 Å². The maximum absolute atomic E-state index is 13.0. The fraction of sp³-hybridized carbons (Fsp3) is 0.407. The summed E-state index contributed by atoms with van der Waals surface area (Å²) in [7, 11) is 0. The van der Waals surface area contributed by atoms with E-state index in [9.17, 15) is 4.79 Å². The molecule has 1 aliphatic rings. The van der Waals surface area contributed by atoms with Crippen LogP contribution in [0, 0.1) is 6.92 Å². The lowest BCUT2D eigenvalue weighted by molar-refractivity contribution is 0.112. The molecule has 4 aromatic rings. The van der Waals surface area contributed by atoms with Gasteiger partial charge >= 0.3 is 0 Å². The van der Waals surface area contributed by atoms with Crippen molar-refractivity contribution in [1.82, 2.24) is 30.1 Å². The summed E-state index contributed by atoms with van der Waals surface area (Å²) in [6, 6.07) is 18.9. The first-order chi connectivity index (χ1) is 16.6. The smallest absolute Gasteiger partial charge is 0.252 e. The van der Waals surface area contributed by atoms with E-state index in [2.05, 4.69) is 63.5 Å². The van der Waals surface area contributed by atoms with Gasteiger partial charge in [-0.25, -0.2) is 4.68 Å². The third-order valence-corrected chi connectivity index (χ3v) is 7.04. The molecule has 0 amide bonds. The summed E-state index contributed by atoms with van der Waals surface area (Å²) in [6.07, 6.45) is 5.60. The van der Waals surface area contributed by atoms with E-state index in [1.165, 1.54) is 24.0 Å². The zero-order chi connectivity index (χ0) is 23.5. The molecule has 0 unspecified atom stereocenters. The zero-order valence-corrected chi connectivity index (χ0v) is 19.9. The molecule has 7 heteroatoms. The van der Waals surface area contributed by atoms with Crippen molar-refractivity contribution in [2.45, 2.75) is 71.1 Å². The van der Waals surface area contributed by atoms with Crippen molar-refractivity contribution in [2.75, 3.05) is 0 Å². The number of benzene rings is 2.